The first-order valence-electron chi connectivity index (χ1n) is 7.42. The highest BCUT2D eigenvalue weighted by atomic mass is 16.4. The van der Waals surface area contributed by atoms with E-state index >= 15 is 0 Å². The third-order valence-electron chi connectivity index (χ3n) is 3.64. The summed E-state index contributed by atoms with van der Waals surface area (Å²) in [5, 5.41) is 21.3. The Morgan fingerprint density at radius 2 is 1.78 bits per heavy atom. The van der Waals surface area contributed by atoms with E-state index in [0.717, 1.165) is 11.3 Å². The number of rotatable bonds is 8. The highest BCUT2D eigenvalue weighted by Gasteiger charge is 2.13. The van der Waals surface area contributed by atoms with E-state index in [0.29, 0.717) is 30.9 Å². The summed E-state index contributed by atoms with van der Waals surface area (Å²) in [5.41, 5.74) is 1.68. The van der Waals surface area contributed by atoms with Crippen LogP contribution in [0, 0.1) is 12.8 Å². The second-order valence-corrected chi connectivity index (χ2v) is 5.32. The average molecular weight is 315 g/mol. The van der Waals surface area contributed by atoms with Gasteiger partial charge in [-0.1, -0.05) is 24.6 Å². The molecule has 23 heavy (non-hydrogen) atoms. The van der Waals surface area contributed by atoms with Crippen molar-refractivity contribution in [3.05, 3.63) is 41.8 Å². The minimum absolute atomic E-state index is 0.00684. The minimum Gasteiger partial charge on any atom is -0.549 e. The number of hydrogen-bond donors (Lipinski definition) is 0. The van der Waals surface area contributed by atoms with Gasteiger partial charge in [0.05, 0.1) is 17.6 Å². The predicted molar refractivity (Wildman–Crippen MR) is 77.7 cm³/mol. The Balaban J connectivity index is 1.91. The van der Waals surface area contributed by atoms with E-state index in [4.69, 9.17) is 4.42 Å². The molecule has 0 saturated carbocycles. The Labute approximate surface area is 133 Å². The molecule has 0 unspecified atom stereocenters. The first kappa shape index (κ1) is 16.7. The fourth-order valence-corrected chi connectivity index (χ4v) is 2.34. The van der Waals surface area contributed by atoms with Crippen molar-refractivity contribution < 1.29 is 24.2 Å². The maximum absolute atomic E-state index is 10.7. The molecule has 0 atom stereocenters. The number of carbonyl (C=O) groups excluding carboxylic acids is 2. The maximum Gasteiger partial charge on any atom is 0.226 e. The van der Waals surface area contributed by atoms with Crippen LogP contribution in [-0.4, -0.2) is 16.9 Å². The van der Waals surface area contributed by atoms with Crippen LogP contribution in [0.2, 0.25) is 0 Å². The summed E-state index contributed by atoms with van der Waals surface area (Å²) in [5.74, 6) is -3.52. The molecule has 0 N–H and O–H groups in total. The van der Waals surface area contributed by atoms with Crippen LogP contribution in [0.5, 0.6) is 0 Å². The lowest BCUT2D eigenvalue weighted by atomic mass is 10.0. The third kappa shape index (κ3) is 4.42. The highest BCUT2D eigenvalue weighted by Crippen LogP contribution is 2.22. The van der Waals surface area contributed by atoms with Crippen LogP contribution in [0.25, 0.3) is 11.5 Å². The van der Waals surface area contributed by atoms with Crippen molar-refractivity contribution in [1.82, 2.24) is 4.98 Å². The molecule has 0 saturated heterocycles. The molecular formula is C17H17NO5-2. The topological polar surface area (TPSA) is 106 Å². The van der Waals surface area contributed by atoms with Crippen molar-refractivity contribution in [1.29, 1.82) is 0 Å². The van der Waals surface area contributed by atoms with Crippen molar-refractivity contribution in [3.8, 4) is 11.5 Å². The number of carboxylic acid groups (broad SMARTS) is 2. The van der Waals surface area contributed by atoms with E-state index in [1.54, 1.807) is 0 Å². The lowest BCUT2D eigenvalue weighted by Gasteiger charge is -2.18. The van der Waals surface area contributed by atoms with E-state index in [2.05, 4.69) is 4.98 Å². The monoisotopic (exact) mass is 315 g/mol. The third-order valence-corrected chi connectivity index (χ3v) is 3.64. The van der Waals surface area contributed by atoms with Gasteiger partial charge in [0.1, 0.15) is 5.76 Å². The van der Waals surface area contributed by atoms with Crippen LogP contribution >= 0.6 is 0 Å². The molecule has 0 fully saturated rings. The van der Waals surface area contributed by atoms with Gasteiger partial charge in [-0.15, -0.1) is 0 Å². The van der Waals surface area contributed by atoms with E-state index in [9.17, 15) is 19.8 Å². The molecule has 0 bridgehead atoms. The number of carbonyl (C=O) groups is 2. The number of unbranched alkanes of at least 4 members (excludes halogenated alkanes) is 1. The molecule has 1 aromatic carbocycles. The summed E-state index contributed by atoms with van der Waals surface area (Å²) >= 11 is 0. The molecule has 0 aliphatic heterocycles. The lowest BCUT2D eigenvalue weighted by molar-refractivity contribution is -0.332. The number of benzene rings is 1. The summed E-state index contributed by atoms with van der Waals surface area (Å²) in [7, 11) is 0. The van der Waals surface area contributed by atoms with Gasteiger partial charge < -0.3 is 24.2 Å². The van der Waals surface area contributed by atoms with Crippen LogP contribution < -0.4 is 10.2 Å². The van der Waals surface area contributed by atoms with Crippen molar-refractivity contribution >= 4 is 11.9 Å². The van der Waals surface area contributed by atoms with Gasteiger partial charge in [-0.3, -0.25) is 0 Å². The van der Waals surface area contributed by atoms with Crippen LogP contribution in [0.3, 0.4) is 0 Å². The Bertz CT molecular complexity index is 664. The lowest BCUT2D eigenvalue weighted by Crippen LogP contribution is -2.43. The Morgan fingerprint density at radius 3 is 2.39 bits per heavy atom. The molecule has 0 aliphatic rings. The molecule has 1 aromatic heterocycles. The summed E-state index contributed by atoms with van der Waals surface area (Å²) in [6, 6.07) is 9.51. The minimum atomic E-state index is -1.60. The van der Waals surface area contributed by atoms with Crippen LogP contribution in [0.15, 0.2) is 34.7 Å². The van der Waals surface area contributed by atoms with Crippen molar-refractivity contribution in [2.24, 2.45) is 5.92 Å². The molecule has 1 heterocycles. The van der Waals surface area contributed by atoms with Gasteiger partial charge in [0, 0.05) is 11.5 Å². The number of aryl methyl sites for hydroxylation is 2. The highest BCUT2D eigenvalue weighted by molar-refractivity contribution is 5.90. The molecule has 2 aromatic rings. The Kier molecular flexibility index (Phi) is 5.51. The van der Waals surface area contributed by atoms with Gasteiger partial charge in [-0.25, -0.2) is 4.98 Å². The molecule has 6 nitrogen and oxygen atoms in total. The van der Waals surface area contributed by atoms with E-state index in [-0.39, 0.29) is 6.42 Å². The van der Waals surface area contributed by atoms with Crippen LogP contribution in [-0.2, 0) is 16.0 Å². The quantitative estimate of drug-likeness (QED) is 0.518. The first-order chi connectivity index (χ1) is 11.0. The summed E-state index contributed by atoms with van der Waals surface area (Å²) in [6.45, 7) is 1.82. The zero-order chi connectivity index (χ0) is 16.8. The maximum atomic E-state index is 10.7. The van der Waals surface area contributed by atoms with E-state index in [1.165, 1.54) is 0 Å². The fraction of sp³-hybridized carbons (Fsp3) is 0.353. The SMILES string of the molecule is Cc1oc(-c2ccccc2)nc1CCCCC(C(=O)[O-])C(=O)[O-]. The zero-order valence-corrected chi connectivity index (χ0v) is 12.8. The second kappa shape index (κ2) is 7.58. The zero-order valence-electron chi connectivity index (χ0n) is 12.8. The molecule has 0 aliphatic carbocycles. The van der Waals surface area contributed by atoms with Crippen LogP contribution in [0.4, 0.5) is 0 Å². The Hall–Kier alpha value is -2.63. The fourth-order valence-electron chi connectivity index (χ4n) is 2.34. The molecule has 6 heteroatoms. The van der Waals surface area contributed by atoms with Crippen molar-refractivity contribution in [2.45, 2.75) is 32.6 Å². The number of hydrogen-bond acceptors (Lipinski definition) is 6. The smallest absolute Gasteiger partial charge is 0.226 e. The first-order valence-corrected chi connectivity index (χ1v) is 7.42. The molecule has 0 radical (unpaired) electrons. The van der Waals surface area contributed by atoms with Gasteiger partial charge in [-0.05, 0) is 38.3 Å². The van der Waals surface area contributed by atoms with Crippen LogP contribution in [0.1, 0.15) is 30.7 Å². The van der Waals surface area contributed by atoms with Crippen molar-refractivity contribution in [3.63, 3.8) is 0 Å². The largest absolute Gasteiger partial charge is 0.549 e. The number of carboxylic acids is 2. The molecule has 0 amide bonds. The van der Waals surface area contributed by atoms with Gasteiger partial charge in [0.2, 0.25) is 5.89 Å². The normalized spacial score (nSPS) is 10.9. The van der Waals surface area contributed by atoms with E-state index < -0.39 is 17.9 Å². The number of aliphatic carboxylic acids is 2. The number of nitrogens with zero attached hydrogens (tertiary/aromatic N) is 1. The summed E-state index contributed by atoms with van der Waals surface area (Å²) in [4.78, 5) is 25.8. The van der Waals surface area contributed by atoms with Crippen molar-refractivity contribution in [2.75, 3.05) is 0 Å². The predicted octanol–water partition coefficient (Wildman–Crippen LogP) is 0.479. The van der Waals surface area contributed by atoms with Gasteiger partial charge >= 0.3 is 0 Å². The van der Waals surface area contributed by atoms with E-state index in [1.807, 2.05) is 37.3 Å². The van der Waals surface area contributed by atoms with Gasteiger partial charge in [-0.2, -0.15) is 0 Å². The standard InChI is InChI=1S/C17H19NO5/c1-11-14(10-6-5-9-13(16(19)20)17(21)22)18-15(23-11)12-7-3-2-4-8-12/h2-4,7-8,13H,5-6,9-10H2,1H3,(H,19,20)(H,21,22)/p-2. The van der Waals surface area contributed by atoms with Gasteiger partial charge in [0.15, 0.2) is 0 Å². The number of aromatic nitrogens is 1. The molecule has 0 spiro atoms. The average Bonchev–Trinajstić information content (AvgIpc) is 2.88. The molecular weight excluding hydrogens is 298 g/mol. The summed E-state index contributed by atoms with van der Waals surface area (Å²) < 4.78 is 5.64. The molecule has 122 valence electrons. The molecule has 2 rings (SSSR count). The summed E-state index contributed by atoms with van der Waals surface area (Å²) in [6.07, 6.45) is 1.63. The second-order valence-electron chi connectivity index (χ2n) is 5.32. The number of oxazole rings is 1. The van der Waals surface area contributed by atoms with Gasteiger partial charge in [0.25, 0.3) is 0 Å². The Morgan fingerprint density at radius 1 is 1.13 bits per heavy atom.